The summed E-state index contributed by atoms with van der Waals surface area (Å²) in [4.78, 5) is 5.76. The molecular weight excluding hydrogens is 318 g/mol. The van der Waals surface area contributed by atoms with Crippen molar-refractivity contribution in [2.75, 3.05) is 6.54 Å². The van der Waals surface area contributed by atoms with Crippen molar-refractivity contribution in [1.82, 2.24) is 4.98 Å². The molecule has 0 aliphatic rings. The summed E-state index contributed by atoms with van der Waals surface area (Å²) in [6.45, 7) is 0.628. The van der Waals surface area contributed by atoms with Crippen molar-refractivity contribution in [3.63, 3.8) is 0 Å². The molecule has 7 N–H and O–H groups in total. The van der Waals surface area contributed by atoms with Crippen LogP contribution in [-0.4, -0.2) is 22.5 Å². The van der Waals surface area contributed by atoms with E-state index in [9.17, 15) is 5.11 Å². The van der Waals surface area contributed by atoms with Gasteiger partial charge >= 0.3 is 0 Å². The molecule has 0 saturated heterocycles. The smallest absolute Gasteiger partial charge is 0.123 e. The maximum atomic E-state index is 9.30. The molecule has 0 bridgehead atoms. The van der Waals surface area contributed by atoms with Crippen molar-refractivity contribution in [3.8, 4) is 5.75 Å². The molecule has 0 atom stereocenters. The van der Waals surface area contributed by atoms with Gasteiger partial charge in [-0.3, -0.25) is 5.41 Å². The first kappa shape index (κ1) is 17.9. The Hall–Kier alpha value is -3.48. The van der Waals surface area contributed by atoms with Crippen molar-refractivity contribution in [2.24, 2.45) is 16.6 Å². The van der Waals surface area contributed by atoms with Crippen molar-refractivity contribution in [1.29, 1.82) is 5.41 Å². The first-order chi connectivity index (χ1) is 12.1. The summed E-state index contributed by atoms with van der Waals surface area (Å²) >= 11 is 0. The molecule has 128 valence electrons. The lowest BCUT2D eigenvalue weighted by Crippen LogP contribution is -2.10. The Morgan fingerprint density at radius 1 is 1.28 bits per heavy atom. The van der Waals surface area contributed by atoms with Crippen LogP contribution in [0.1, 0.15) is 11.1 Å². The van der Waals surface area contributed by atoms with Crippen LogP contribution in [-0.2, 0) is 6.42 Å². The zero-order chi connectivity index (χ0) is 18.2. The first-order valence-electron chi connectivity index (χ1n) is 7.54. The van der Waals surface area contributed by atoms with Gasteiger partial charge in [0.15, 0.2) is 0 Å². The fraction of sp³-hybridized carbons (Fsp3) is 0.118. The molecule has 0 aliphatic carbocycles. The molecule has 0 spiro atoms. The number of H-pyrrole nitrogens is 1. The molecule has 0 radical (unpaired) electrons. The van der Waals surface area contributed by atoms with Gasteiger partial charge in [-0.2, -0.15) is 0 Å². The number of aromatic amines is 1. The SMILES string of the molecule is NCCc1c[nH]c2ccc(O)cc12.[N-]=[N+]=Nc1ccccc1C(=N)N. The van der Waals surface area contributed by atoms with E-state index in [1.807, 2.05) is 12.3 Å². The second-order valence-electron chi connectivity index (χ2n) is 5.20. The molecule has 25 heavy (non-hydrogen) atoms. The molecule has 0 amide bonds. The molecule has 8 nitrogen and oxygen atoms in total. The summed E-state index contributed by atoms with van der Waals surface area (Å²) < 4.78 is 0. The molecule has 3 rings (SSSR count). The molecule has 1 heterocycles. The van der Waals surface area contributed by atoms with Gasteiger partial charge in [-0.1, -0.05) is 29.4 Å². The summed E-state index contributed by atoms with van der Waals surface area (Å²) in [6, 6.07) is 12.0. The monoisotopic (exact) mass is 337 g/mol. The Balaban J connectivity index is 0.000000181. The van der Waals surface area contributed by atoms with Crippen LogP contribution in [0.3, 0.4) is 0 Å². The second kappa shape index (κ2) is 8.39. The molecule has 0 aliphatic heterocycles. The summed E-state index contributed by atoms with van der Waals surface area (Å²) in [5.41, 5.74) is 21.9. The number of nitrogens with one attached hydrogen (secondary N) is 2. The number of amidine groups is 1. The number of azide groups is 1. The van der Waals surface area contributed by atoms with Crippen LogP contribution in [0.2, 0.25) is 0 Å². The van der Waals surface area contributed by atoms with Crippen molar-refractivity contribution in [3.05, 3.63) is 70.2 Å². The van der Waals surface area contributed by atoms with E-state index in [2.05, 4.69) is 15.0 Å². The van der Waals surface area contributed by atoms with E-state index in [0.717, 1.165) is 22.9 Å². The molecule has 8 heteroatoms. The lowest BCUT2D eigenvalue weighted by Gasteiger charge is -2.00. The van der Waals surface area contributed by atoms with E-state index in [1.54, 1.807) is 36.4 Å². The third-order valence-corrected chi connectivity index (χ3v) is 3.51. The highest BCUT2D eigenvalue weighted by molar-refractivity contribution is 5.99. The Kier molecular flexibility index (Phi) is 6.00. The number of benzene rings is 2. The number of nitrogens with two attached hydrogens (primary N) is 2. The number of nitrogen functional groups attached to an aromatic ring is 1. The van der Waals surface area contributed by atoms with E-state index in [-0.39, 0.29) is 5.84 Å². The number of hydrogen-bond acceptors (Lipinski definition) is 4. The van der Waals surface area contributed by atoms with Gasteiger partial charge in [-0.15, -0.1) is 0 Å². The van der Waals surface area contributed by atoms with Crippen LogP contribution in [0.25, 0.3) is 21.3 Å². The fourth-order valence-electron chi connectivity index (χ4n) is 2.37. The Morgan fingerprint density at radius 3 is 2.72 bits per heavy atom. The van der Waals surface area contributed by atoms with Crippen molar-refractivity contribution < 1.29 is 5.11 Å². The Morgan fingerprint density at radius 2 is 2.04 bits per heavy atom. The Bertz CT molecular complexity index is 905. The largest absolute Gasteiger partial charge is 0.508 e. The van der Waals surface area contributed by atoms with Gasteiger partial charge in [0, 0.05) is 33.3 Å². The zero-order valence-electron chi connectivity index (χ0n) is 13.5. The van der Waals surface area contributed by atoms with Crippen LogP contribution in [0.5, 0.6) is 5.75 Å². The average Bonchev–Trinajstić information content (AvgIpc) is 2.99. The minimum atomic E-state index is -0.0991. The highest BCUT2D eigenvalue weighted by atomic mass is 16.3. The molecule has 0 unspecified atom stereocenters. The van der Waals surface area contributed by atoms with Gasteiger partial charge in [0.2, 0.25) is 0 Å². The summed E-state index contributed by atoms with van der Waals surface area (Å²) in [7, 11) is 0. The fourth-order valence-corrected chi connectivity index (χ4v) is 2.37. The quantitative estimate of drug-likeness (QED) is 0.163. The number of hydrogen-bond donors (Lipinski definition) is 5. The maximum absolute atomic E-state index is 9.30. The normalized spacial score (nSPS) is 9.80. The summed E-state index contributed by atoms with van der Waals surface area (Å²) in [5.74, 6) is 0.198. The van der Waals surface area contributed by atoms with Crippen LogP contribution in [0.15, 0.2) is 53.8 Å². The second-order valence-corrected chi connectivity index (χ2v) is 5.20. The van der Waals surface area contributed by atoms with E-state index in [1.165, 1.54) is 0 Å². The van der Waals surface area contributed by atoms with Gasteiger partial charge < -0.3 is 21.6 Å². The summed E-state index contributed by atoms with van der Waals surface area (Å²) in [5, 5.41) is 20.9. The highest BCUT2D eigenvalue weighted by Gasteiger charge is 2.03. The maximum Gasteiger partial charge on any atom is 0.123 e. The molecule has 0 fully saturated rings. The average molecular weight is 337 g/mol. The molecule has 2 aromatic carbocycles. The number of nitrogens with zero attached hydrogens (tertiary/aromatic N) is 3. The van der Waals surface area contributed by atoms with Gasteiger partial charge in [-0.25, -0.2) is 0 Å². The number of phenolic OH excluding ortho intramolecular Hbond substituents is 1. The van der Waals surface area contributed by atoms with Gasteiger partial charge in [0.1, 0.15) is 11.6 Å². The first-order valence-corrected chi connectivity index (χ1v) is 7.54. The molecule has 1 aromatic heterocycles. The third-order valence-electron chi connectivity index (χ3n) is 3.51. The van der Waals surface area contributed by atoms with E-state index >= 15 is 0 Å². The number of phenols is 1. The van der Waals surface area contributed by atoms with Crippen molar-refractivity contribution >= 4 is 22.4 Å². The molecule has 3 aromatic rings. The third kappa shape index (κ3) is 4.51. The van der Waals surface area contributed by atoms with Crippen LogP contribution >= 0.6 is 0 Å². The number of rotatable bonds is 4. The lowest BCUT2D eigenvalue weighted by molar-refractivity contribution is 0.476. The standard InChI is InChI=1S/C10H12N2O.C7H7N5/c11-4-3-7-6-12-10-2-1-8(13)5-9(7)10;8-7(9)5-3-1-2-4-6(5)11-12-10/h1-2,5-6,12-13H,3-4,11H2;1-4H,(H3,8,9). The molecule has 0 saturated carbocycles. The van der Waals surface area contributed by atoms with Gasteiger partial charge in [0.05, 0.1) is 0 Å². The zero-order valence-corrected chi connectivity index (χ0v) is 13.5. The lowest BCUT2D eigenvalue weighted by atomic mass is 10.1. The summed E-state index contributed by atoms with van der Waals surface area (Å²) in [6.07, 6.45) is 2.78. The van der Waals surface area contributed by atoms with E-state index in [0.29, 0.717) is 23.5 Å². The number of aromatic nitrogens is 1. The number of fused-ring (bicyclic) bond motifs is 1. The van der Waals surface area contributed by atoms with E-state index in [4.69, 9.17) is 22.4 Å². The Labute approximate surface area is 144 Å². The van der Waals surface area contributed by atoms with Gasteiger partial charge in [0.25, 0.3) is 0 Å². The van der Waals surface area contributed by atoms with Crippen LogP contribution in [0, 0.1) is 5.41 Å². The predicted octanol–water partition coefficient (Wildman–Crippen LogP) is 3.29. The van der Waals surface area contributed by atoms with E-state index < -0.39 is 0 Å². The van der Waals surface area contributed by atoms with Crippen LogP contribution < -0.4 is 11.5 Å². The van der Waals surface area contributed by atoms with Gasteiger partial charge in [-0.05, 0) is 42.3 Å². The van der Waals surface area contributed by atoms with Crippen molar-refractivity contribution in [2.45, 2.75) is 6.42 Å². The highest BCUT2D eigenvalue weighted by Crippen LogP contribution is 2.22. The minimum absolute atomic E-state index is 0.0991. The number of aromatic hydroxyl groups is 1. The molecular formula is C17H19N7O. The van der Waals surface area contributed by atoms with Crippen LogP contribution in [0.4, 0.5) is 5.69 Å². The topological polar surface area (TPSA) is 161 Å². The minimum Gasteiger partial charge on any atom is -0.508 e. The predicted molar refractivity (Wildman–Crippen MR) is 99.0 cm³/mol.